The molecule has 0 saturated heterocycles. The van der Waals surface area contributed by atoms with Gasteiger partial charge in [0.15, 0.2) is 0 Å². The molecule has 0 bridgehead atoms. The lowest BCUT2D eigenvalue weighted by Crippen LogP contribution is -2.27. The fraction of sp³-hybridized carbons (Fsp3) is 0.136. The van der Waals surface area contributed by atoms with Crippen molar-refractivity contribution in [2.75, 3.05) is 23.8 Å². The van der Waals surface area contributed by atoms with Crippen molar-refractivity contribution in [1.82, 2.24) is 0 Å². The van der Waals surface area contributed by atoms with Crippen LogP contribution in [0.3, 0.4) is 0 Å². The zero-order valence-corrected chi connectivity index (χ0v) is 18.0. The Kier molecular flexibility index (Phi) is 6.94. The number of carbonyl (C=O) groups is 1. The summed E-state index contributed by atoms with van der Waals surface area (Å²) in [6.45, 7) is -2.98. The third-order valence-electron chi connectivity index (χ3n) is 4.52. The van der Waals surface area contributed by atoms with Gasteiger partial charge >= 0.3 is 6.61 Å². The molecule has 0 aliphatic heterocycles. The number of rotatable bonds is 8. The van der Waals surface area contributed by atoms with Crippen LogP contribution in [0.4, 0.5) is 20.2 Å². The van der Waals surface area contributed by atoms with Gasteiger partial charge < -0.3 is 14.8 Å². The molecule has 0 aliphatic carbocycles. The second-order valence-electron chi connectivity index (χ2n) is 6.53. The van der Waals surface area contributed by atoms with Crippen LogP contribution in [0.5, 0.6) is 11.5 Å². The maximum Gasteiger partial charge on any atom is 0.387 e. The molecule has 32 heavy (non-hydrogen) atoms. The number of hydrogen-bond donors (Lipinski definition) is 1. The van der Waals surface area contributed by atoms with E-state index < -0.39 is 22.5 Å². The lowest BCUT2D eigenvalue weighted by atomic mass is 10.2. The van der Waals surface area contributed by atoms with Crippen molar-refractivity contribution in [2.24, 2.45) is 0 Å². The predicted octanol–water partition coefficient (Wildman–Crippen LogP) is 4.37. The van der Waals surface area contributed by atoms with Crippen LogP contribution >= 0.6 is 0 Å². The summed E-state index contributed by atoms with van der Waals surface area (Å²) in [6.07, 6.45) is 0. The number of anilines is 2. The smallest absolute Gasteiger partial charge is 0.387 e. The fourth-order valence-corrected chi connectivity index (χ4v) is 4.12. The summed E-state index contributed by atoms with van der Waals surface area (Å²) in [5.74, 6) is -0.243. The molecule has 10 heteroatoms. The molecule has 0 fully saturated rings. The average molecular weight is 462 g/mol. The van der Waals surface area contributed by atoms with Crippen LogP contribution in [0.2, 0.25) is 0 Å². The van der Waals surface area contributed by atoms with Crippen LogP contribution in [-0.2, 0) is 10.0 Å². The second-order valence-corrected chi connectivity index (χ2v) is 8.50. The molecule has 3 aromatic carbocycles. The van der Waals surface area contributed by atoms with Crippen molar-refractivity contribution in [1.29, 1.82) is 0 Å². The number of hydrogen-bond acceptors (Lipinski definition) is 5. The highest BCUT2D eigenvalue weighted by molar-refractivity contribution is 7.92. The van der Waals surface area contributed by atoms with Gasteiger partial charge in [0.1, 0.15) is 11.5 Å². The number of nitrogens with zero attached hydrogens (tertiary/aromatic N) is 1. The first-order valence-electron chi connectivity index (χ1n) is 9.30. The highest BCUT2D eigenvalue weighted by Gasteiger charge is 2.24. The van der Waals surface area contributed by atoms with Crippen LogP contribution in [0.25, 0.3) is 0 Å². The molecule has 0 radical (unpaired) electrons. The van der Waals surface area contributed by atoms with Crippen molar-refractivity contribution in [3.8, 4) is 11.5 Å². The Morgan fingerprint density at radius 2 is 1.69 bits per heavy atom. The number of alkyl halides is 2. The average Bonchev–Trinajstić information content (AvgIpc) is 2.78. The number of carbonyl (C=O) groups excluding carboxylic acids is 1. The van der Waals surface area contributed by atoms with Gasteiger partial charge in [0.2, 0.25) is 0 Å². The van der Waals surface area contributed by atoms with Gasteiger partial charge in [0.25, 0.3) is 15.9 Å². The molecule has 0 unspecified atom stereocenters. The molecule has 0 saturated carbocycles. The molecule has 0 aliphatic rings. The van der Waals surface area contributed by atoms with E-state index in [1.165, 1.54) is 62.7 Å². The zero-order valence-electron chi connectivity index (χ0n) is 17.2. The van der Waals surface area contributed by atoms with Crippen molar-refractivity contribution < 1.29 is 31.5 Å². The third kappa shape index (κ3) is 5.14. The SMILES string of the molecule is COc1ccccc1N(C)S(=O)(=O)c1ccc(C(=O)Nc2cccc(OC(F)F)c2)cc1. The number of para-hydroxylation sites is 2. The number of halogens is 2. The Bertz CT molecular complexity index is 1200. The molecule has 3 rings (SSSR count). The highest BCUT2D eigenvalue weighted by Crippen LogP contribution is 2.31. The first-order chi connectivity index (χ1) is 15.2. The van der Waals surface area contributed by atoms with E-state index in [4.69, 9.17) is 4.74 Å². The van der Waals surface area contributed by atoms with E-state index in [1.807, 2.05) is 0 Å². The van der Waals surface area contributed by atoms with E-state index >= 15 is 0 Å². The Morgan fingerprint density at radius 1 is 1.00 bits per heavy atom. The van der Waals surface area contributed by atoms with E-state index in [1.54, 1.807) is 24.3 Å². The summed E-state index contributed by atoms with van der Waals surface area (Å²) in [5.41, 5.74) is 0.799. The van der Waals surface area contributed by atoms with Gasteiger partial charge in [-0.1, -0.05) is 18.2 Å². The number of ether oxygens (including phenoxy) is 2. The van der Waals surface area contributed by atoms with E-state index in [-0.39, 0.29) is 21.9 Å². The molecule has 0 spiro atoms. The van der Waals surface area contributed by atoms with Crippen LogP contribution in [0.1, 0.15) is 10.4 Å². The van der Waals surface area contributed by atoms with E-state index in [0.29, 0.717) is 11.4 Å². The topological polar surface area (TPSA) is 84.9 Å². The summed E-state index contributed by atoms with van der Waals surface area (Å²) < 4.78 is 61.3. The van der Waals surface area contributed by atoms with Crippen molar-refractivity contribution in [2.45, 2.75) is 11.5 Å². The molecule has 0 atom stereocenters. The highest BCUT2D eigenvalue weighted by atomic mass is 32.2. The van der Waals surface area contributed by atoms with Crippen LogP contribution in [0, 0.1) is 0 Å². The first-order valence-corrected chi connectivity index (χ1v) is 10.7. The molecular weight excluding hydrogens is 442 g/mol. The Hall–Kier alpha value is -3.66. The monoisotopic (exact) mass is 462 g/mol. The molecule has 1 N–H and O–H groups in total. The minimum atomic E-state index is -3.91. The summed E-state index contributed by atoms with van der Waals surface area (Å²) in [6, 6.07) is 17.6. The minimum absolute atomic E-state index is 0.0187. The Morgan fingerprint density at radius 3 is 2.34 bits per heavy atom. The maximum atomic E-state index is 13.0. The Labute approximate surface area is 184 Å². The van der Waals surface area contributed by atoms with Gasteiger partial charge in [-0.05, 0) is 48.5 Å². The second kappa shape index (κ2) is 9.65. The van der Waals surface area contributed by atoms with Gasteiger partial charge in [-0.2, -0.15) is 8.78 Å². The molecule has 168 valence electrons. The quantitative estimate of drug-likeness (QED) is 0.537. The van der Waals surface area contributed by atoms with Gasteiger partial charge in [0.05, 0.1) is 17.7 Å². The molecule has 1 amide bonds. The van der Waals surface area contributed by atoms with Crippen LogP contribution < -0.4 is 19.1 Å². The molecular formula is C22H20F2N2O5S. The van der Waals surface area contributed by atoms with E-state index in [9.17, 15) is 22.0 Å². The predicted molar refractivity (Wildman–Crippen MR) is 116 cm³/mol. The van der Waals surface area contributed by atoms with Crippen LogP contribution in [-0.4, -0.2) is 35.1 Å². The standard InChI is InChI=1S/C22H20F2N2O5S/c1-26(19-8-3-4-9-20(19)30-2)32(28,29)18-12-10-15(11-13-18)21(27)25-16-6-5-7-17(14-16)31-22(23)24/h3-14,22H,1-2H3,(H,25,27). The summed E-state index contributed by atoms with van der Waals surface area (Å²) in [7, 11) is -1.06. The van der Waals surface area contributed by atoms with Gasteiger partial charge in [-0.15, -0.1) is 0 Å². The van der Waals surface area contributed by atoms with Gasteiger partial charge in [0, 0.05) is 24.4 Å². The summed E-state index contributed by atoms with van der Waals surface area (Å²) in [4.78, 5) is 12.5. The van der Waals surface area contributed by atoms with Crippen molar-refractivity contribution in [3.05, 3.63) is 78.4 Å². The molecule has 0 aromatic heterocycles. The van der Waals surface area contributed by atoms with Crippen molar-refractivity contribution in [3.63, 3.8) is 0 Å². The summed E-state index contributed by atoms with van der Waals surface area (Å²) >= 11 is 0. The van der Waals surface area contributed by atoms with Crippen LogP contribution in [0.15, 0.2) is 77.7 Å². The minimum Gasteiger partial charge on any atom is -0.495 e. The lowest BCUT2D eigenvalue weighted by molar-refractivity contribution is -0.0498. The molecule has 3 aromatic rings. The lowest BCUT2D eigenvalue weighted by Gasteiger charge is -2.21. The number of sulfonamides is 1. The number of benzene rings is 3. The van der Waals surface area contributed by atoms with E-state index in [0.717, 1.165) is 4.31 Å². The third-order valence-corrected chi connectivity index (χ3v) is 6.30. The van der Waals surface area contributed by atoms with Gasteiger partial charge in [-0.25, -0.2) is 8.42 Å². The number of nitrogens with one attached hydrogen (secondary N) is 1. The van der Waals surface area contributed by atoms with Crippen molar-refractivity contribution >= 4 is 27.3 Å². The number of amides is 1. The largest absolute Gasteiger partial charge is 0.495 e. The zero-order chi connectivity index (χ0) is 23.3. The molecule has 0 heterocycles. The maximum absolute atomic E-state index is 13.0. The molecule has 7 nitrogen and oxygen atoms in total. The summed E-state index contributed by atoms with van der Waals surface area (Å²) in [5, 5.41) is 2.55. The Balaban J connectivity index is 1.77. The van der Waals surface area contributed by atoms with E-state index in [2.05, 4.69) is 10.1 Å². The van der Waals surface area contributed by atoms with Gasteiger partial charge in [-0.3, -0.25) is 9.10 Å². The fourth-order valence-electron chi connectivity index (χ4n) is 2.91. The normalized spacial score (nSPS) is 11.2. The number of methoxy groups -OCH3 is 1. The first kappa shape index (κ1) is 23.0.